The molecule has 2 fully saturated rings. The monoisotopic (exact) mass is 226 g/mol. The molecule has 3 unspecified atom stereocenters. The highest BCUT2D eigenvalue weighted by Crippen LogP contribution is 2.27. The second-order valence-electron chi connectivity index (χ2n) is 5.69. The lowest BCUT2D eigenvalue weighted by Crippen LogP contribution is -2.50. The topological polar surface area (TPSA) is 35.5 Å². The molecule has 16 heavy (non-hydrogen) atoms. The molecule has 0 aromatic carbocycles. The van der Waals surface area contributed by atoms with E-state index in [1.54, 1.807) is 0 Å². The predicted octanol–water partition coefficient (Wildman–Crippen LogP) is 1.22. The summed E-state index contributed by atoms with van der Waals surface area (Å²) >= 11 is 0. The maximum absolute atomic E-state index is 9.38. The van der Waals surface area contributed by atoms with Gasteiger partial charge >= 0.3 is 0 Å². The zero-order valence-electron chi connectivity index (χ0n) is 10.7. The lowest BCUT2D eigenvalue weighted by molar-refractivity contribution is 0.154. The molecule has 0 aromatic rings. The van der Waals surface area contributed by atoms with Gasteiger partial charge in [0.1, 0.15) is 0 Å². The third-order valence-electron chi connectivity index (χ3n) is 4.29. The highest BCUT2D eigenvalue weighted by atomic mass is 16.3. The van der Waals surface area contributed by atoms with Gasteiger partial charge in [-0.3, -0.25) is 4.90 Å². The first kappa shape index (κ1) is 12.3. The Morgan fingerprint density at radius 1 is 1.25 bits per heavy atom. The van der Waals surface area contributed by atoms with E-state index in [0.29, 0.717) is 12.0 Å². The van der Waals surface area contributed by atoms with Crippen molar-refractivity contribution >= 4 is 0 Å². The molecule has 0 bridgehead atoms. The van der Waals surface area contributed by atoms with E-state index in [9.17, 15) is 5.11 Å². The Kier molecular flexibility index (Phi) is 4.22. The zero-order chi connectivity index (χ0) is 11.5. The normalized spacial score (nSPS) is 33.0. The van der Waals surface area contributed by atoms with Gasteiger partial charge in [0.05, 0.1) is 6.61 Å². The van der Waals surface area contributed by atoms with Crippen LogP contribution in [-0.4, -0.2) is 47.8 Å². The zero-order valence-corrected chi connectivity index (χ0v) is 10.7. The van der Waals surface area contributed by atoms with Gasteiger partial charge in [0, 0.05) is 24.7 Å². The number of aliphatic hydroxyl groups is 1. The van der Waals surface area contributed by atoms with E-state index in [2.05, 4.69) is 24.1 Å². The molecule has 2 rings (SSSR count). The van der Waals surface area contributed by atoms with E-state index in [0.717, 1.165) is 6.04 Å². The highest BCUT2D eigenvalue weighted by Gasteiger charge is 2.36. The van der Waals surface area contributed by atoms with Crippen molar-refractivity contribution in [2.75, 3.05) is 19.7 Å². The van der Waals surface area contributed by atoms with Crippen molar-refractivity contribution in [2.24, 2.45) is 5.92 Å². The van der Waals surface area contributed by atoms with E-state index in [1.807, 2.05) is 0 Å². The quantitative estimate of drug-likeness (QED) is 0.756. The van der Waals surface area contributed by atoms with E-state index in [4.69, 9.17) is 0 Å². The summed E-state index contributed by atoms with van der Waals surface area (Å²) in [6.07, 6.45) is 5.35. The van der Waals surface area contributed by atoms with Gasteiger partial charge in [-0.05, 0) is 31.7 Å². The van der Waals surface area contributed by atoms with Crippen LogP contribution in [0.5, 0.6) is 0 Å². The molecule has 2 aliphatic rings. The van der Waals surface area contributed by atoms with Crippen molar-refractivity contribution in [1.82, 2.24) is 10.2 Å². The lowest BCUT2D eigenvalue weighted by atomic mass is 9.96. The van der Waals surface area contributed by atoms with Crippen LogP contribution < -0.4 is 5.32 Å². The van der Waals surface area contributed by atoms with Gasteiger partial charge in [0.25, 0.3) is 0 Å². The molecule has 2 aliphatic heterocycles. The van der Waals surface area contributed by atoms with Crippen LogP contribution in [0.2, 0.25) is 0 Å². The van der Waals surface area contributed by atoms with Crippen molar-refractivity contribution in [1.29, 1.82) is 0 Å². The van der Waals surface area contributed by atoms with Gasteiger partial charge in [-0.2, -0.15) is 0 Å². The van der Waals surface area contributed by atoms with Gasteiger partial charge in [0.15, 0.2) is 0 Å². The molecule has 2 heterocycles. The molecule has 94 valence electrons. The standard InChI is InChI=1S/C13H26N2O/c1-10(2)12(9-16)14-11-6-8-15-7-4-3-5-13(11)15/h10-14,16H,3-9H2,1-2H3. The van der Waals surface area contributed by atoms with Gasteiger partial charge in [0.2, 0.25) is 0 Å². The van der Waals surface area contributed by atoms with Crippen LogP contribution in [0.3, 0.4) is 0 Å². The molecule has 0 aliphatic carbocycles. The Balaban J connectivity index is 1.89. The van der Waals surface area contributed by atoms with Gasteiger partial charge in [-0.25, -0.2) is 0 Å². The minimum Gasteiger partial charge on any atom is -0.395 e. The molecule has 3 heteroatoms. The predicted molar refractivity (Wildman–Crippen MR) is 66.5 cm³/mol. The fourth-order valence-corrected chi connectivity index (χ4v) is 3.17. The summed E-state index contributed by atoms with van der Waals surface area (Å²) < 4.78 is 0. The maximum Gasteiger partial charge on any atom is 0.0587 e. The van der Waals surface area contributed by atoms with Gasteiger partial charge in [-0.15, -0.1) is 0 Å². The fourth-order valence-electron chi connectivity index (χ4n) is 3.17. The molecule has 2 N–H and O–H groups in total. The molecule has 0 aromatic heterocycles. The second-order valence-corrected chi connectivity index (χ2v) is 5.69. The van der Waals surface area contributed by atoms with Gasteiger partial charge < -0.3 is 10.4 Å². The average molecular weight is 226 g/mol. The maximum atomic E-state index is 9.38. The van der Waals surface area contributed by atoms with Crippen LogP contribution in [-0.2, 0) is 0 Å². The van der Waals surface area contributed by atoms with Crippen molar-refractivity contribution in [2.45, 2.75) is 57.7 Å². The number of rotatable bonds is 4. The lowest BCUT2D eigenvalue weighted by Gasteiger charge is -2.34. The van der Waals surface area contributed by atoms with Crippen LogP contribution in [0.15, 0.2) is 0 Å². The molecule has 3 atom stereocenters. The summed E-state index contributed by atoms with van der Waals surface area (Å²) in [6, 6.07) is 1.62. The first-order valence-electron chi connectivity index (χ1n) is 6.83. The summed E-state index contributed by atoms with van der Waals surface area (Å²) in [5.41, 5.74) is 0. The van der Waals surface area contributed by atoms with Crippen molar-refractivity contribution in [3.05, 3.63) is 0 Å². The minimum absolute atomic E-state index is 0.265. The van der Waals surface area contributed by atoms with E-state index in [1.165, 1.54) is 38.8 Å². The van der Waals surface area contributed by atoms with Crippen LogP contribution >= 0.6 is 0 Å². The molecule has 0 amide bonds. The van der Waals surface area contributed by atoms with Gasteiger partial charge in [-0.1, -0.05) is 20.3 Å². The highest BCUT2D eigenvalue weighted by molar-refractivity contribution is 4.95. The molecule has 2 saturated heterocycles. The average Bonchev–Trinajstić information content (AvgIpc) is 2.69. The summed E-state index contributed by atoms with van der Waals surface area (Å²) in [4.78, 5) is 2.63. The van der Waals surface area contributed by atoms with Crippen molar-refractivity contribution in [3.63, 3.8) is 0 Å². The SMILES string of the molecule is CC(C)C(CO)NC1CCN2CCCCC12. The van der Waals surface area contributed by atoms with Crippen LogP contribution in [0, 0.1) is 5.92 Å². The number of fused-ring (bicyclic) bond motifs is 1. The number of nitrogens with one attached hydrogen (secondary N) is 1. The molecular formula is C13H26N2O. The third-order valence-corrected chi connectivity index (χ3v) is 4.29. The van der Waals surface area contributed by atoms with Crippen molar-refractivity contribution < 1.29 is 5.11 Å². The Morgan fingerprint density at radius 3 is 2.75 bits per heavy atom. The Hall–Kier alpha value is -0.120. The number of hydrogen-bond donors (Lipinski definition) is 2. The number of piperidine rings is 1. The minimum atomic E-state index is 0.265. The molecule has 3 nitrogen and oxygen atoms in total. The first-order valence-corrected chi connectivity index (χ1v) is 6.83. The third kappa shape index (κ3) is 2.58. The van der Waals surface area contributed by atoms with Crippen LogP contribution in [0.4, 0.5) is 0 Å². The van der Waals surface area contributed by atoms with Crippen LogP contribution in [0.1, 0.15) is 39.5 Å². The van der Waals surface area contributed by atoms with E-state index >= 15 is 0 Å². The summed E-state index contributed by atoms with van der Waals surface area (Å²) in [5, 5.41) is 13.0. The molecule has 0 saturated carbocycles. The Bertz CT molecular complexity index is 220. The summed E-state index contributed by atoms with van der Waals surface area (Å²) in [5.74, 6) is 0.516. The smallest absolute Gasteiger partial charge is 0.0587 e. The number of hydrogen-bond acceptors (Lipinski definition) is 3. The van der Waals surface area contributed by atoms with E-state index < -0.39 is 0 Å². The van der Waals surface area contributed by atoms with E-state index in [-0.39, 0.29) is 12.6 Å². The summed E-state index contributed by atoms with van der Waals surface area (Å²) in [6.45, 7) is 7.16. The fraction of sp³-hybridized carbons (Fsp3) is 1.00. The first-order chi connectivity index (χ1) is 7.72. The Morgan fingerprint density at radius 2 is 2.06 bits per heavy atom. The number of aliphatic hydroxyl groups excluding tert-OH is 1. The van der Waals surface area contributed by atoms with Crippen molar-refractivity contribution in [3.8, 4) is 0 Å². The molecule has 0 spiro atoms. The molecule has 0 radical (unpaired) electrons. The molecular weight excluding hydrogens is 200 g/mol. The second kappa shape index (κ2) is 5.48. The Labute approximate surface area is 99.2 Å². The number of nitrogens with zero attached hydrogens (tertiary/aromatic N) is 1. The largest absolute Gasteiger partial charge is 0.395 e. The van der Waals surface area contributed by atoms with Crippen LogP contribution in [0.25, 0.3) is 0 Å². The summed E-state index contributed by atoms with van der Waals surface area (Å²) in [7, 11) is 0.